The van der Waals surface area contributed by atoms with Crippen LogP contribution in [-0.4, -0.2) is 33.0 Å². The molecule has 2 rings (SSSR count). The molecule has 84 valence electrons. The van der Waals surface area contributed by atoms with Gasteiger partial charge in [0.05, 0.1) is 12.3 Å². The molecule has 0 bridgehead atoms. The van der Waals surface area contributed by atoms with Crippen molar-refractivity contribution in [2.75, 3.05) is 6.61 Å². The van der Waals surface area contributed by atoms with Crippen molar-refractivity contribution in [3.8, 4) is 0 Å². The van der Waals surface area contributed by atoms with Crippen LogP contribution in [0.25, 0.3) is 10.8 Å². The highest BCUT2D eigenvalue weighted by atomic mass is 16.4. The Balaban J connectivity index is 2.52. The van der Waals surface area contributed by atoms with Crippen molar-refractivity contribution < 1.29 is 15.3 Å². The summed E-state index contributed by atoms with van der Waals surface area (Å²) in [7, 11) is 0. The Morgan fingerprint density at radius 1 is 1.12 bits per heavy atom. The number of rotatable bonds is 3. The highest BCUT2D eigenvalue weighted by Crippen LogP contribution is 2.23. The molecule has 0 aliphatic rings. The van der Waals surface area contributed by atoms with Gasteiger partial charge in [0.1, 0.15) is 12.2 Å². The van der Waals surface area contributed by atoms with E-state index in [1.54, 1.807) is 6.20 Å². The van der Waals surface area contributed by atoms with E-state index in [9.17, 15) is 10.2 Å². The average Bonchev–Trinajstić information content (AvgIpc) is 2.36. The van der Waals surface area contributed by atoms with Crippen LogP contribution >= 0.6 is 0 Å². The third-order valence-corrected chi connectivity index (χ3v) is 2.54. The van der Waals surface area contributed by atoms with E-state index in [0.29, 0.717) is 5.69 Å². The first-order valence-electron chi connectivity index (χ1n) is 5.04. The summed E-state index contributed by atoms with van der Waals surface area (Å²) in [5.41, 5.74) is 0.389. The summed E-state index contributed by atoms with van der Waals surface area (Å²) in [6.07, 6.45) is -0.806. The number of benzene rings is 1. The fourth-order valence-corrected chi connectivity index (χ4v) is 1.66. The van der Waals surface area contributed by atoms with E-state index < -0.39 is 18.8 Å². The zero-order valence-corrected chi connectivity index (χ0v) is 8.61. The van der Waals surface area contributed by atoms with Crippen LogP contribution in [-0.2, 0) is 0 Å². The Bertz CT molecular complexity index is 481. The van der Waals surface area contributed by atoms with Crippen LogP contribution in [0.2, 0.25) is 0 Å². The van der Waals surface area contributed by atoms with Crippen LogP contribution < -0.4 is 0 Å². The number of hydrogen-bond donors (Lipinski definition) is 3. The summed E-state index contributed by atoms with van der Waals surface area (Å²) in [6.45, 7) is -0.494. The maximum absolute atomic E-state index is 9.81. The summed E-state index contributed by atoms with van der Waals surface area (Å²) in [6, 6.07) is 9.28. The predicted molar refractivity (Wildman–Crippen MR) is 59.8 cm³/mol. The van der Waals surface area contributed by atoms with Gasteiger partial charge in [0.15, 0.2) is 0 Å². The monoisotopic (exact) mass is 219 g/mol. The molecule has 0 spiro atoms. The molecule has 0 aliphatic carbocycles. The Morgan fingerprint density at radius 3 is 2.62 bits per heavy atom. The maximum Gasteiger partial charge on any atom is 0.125 e. The van der Waals surface area contributed by atoms with Crippen LogP contribution in [0.3, 0.4) is 0 Å². The quantitative estimate of drug-likeness (QED) is 0.707. The van der Waals surface area contributed by atoms with E-state index in [2.05, 4.69) is 4.98 Å². The summed E-state index contributed by atoms with van der Waals surface area (Å²) < 4.78 is 0. The minimum atomic E-state index is -1.21. The number of pyridine rings is 1. The third-order valence-electron chi connectivity index (χ3n) is 2.54. The zero-order chi connectivity index (χ0) is 11.5. The highest BCUT2D eigenvalue weighted by Gasteiger charge is 2.20. The number of aromatic nitrogens is 1. The third kappa shape index (κ3) is 1.90. The van der Waals surface area contributed by atoms with Gasteiger partial charge >= 0.3 is 0 Å². The standard InChI is InChI=1S/C12H13NO3/c14-7-10(15)12(16)11-9-4-2-1-3-8(9)5-6-13-11/h1-6,10,12,14-16H,7H2. The second kappa shape index (κ2) is 4.57. The lowest BCUT2D eigenvalue weighted by atomic mass is 10.0. The van der Waals surface area contributed by atoms with Crippen LogP contribution in [0.4, 0.5) is 0 Å². The molecule has 0 aliphatic heterocycles. The Hall–Kier alpha value is -1.49. The Morgan fingerprint density at radius 2 is 1.88 bits per heavy atom. The summed E-state index contributed by atoms with van der Waals surface area (Å²) in [5.74, 6) is 0. The smallest absolute Gasteiger partial charge is 0.125 e. The van der Waals surface area contributed by atoms with Crippen LogP contribution in [0.1, 0.15) is 11.8 Å². The van der Waals surface area contributed by atoms with Gasteiger partial charge in [-0.2, -0.15) is 0 Å². The maximum atomic E-state index is 9.81. The minimum Gasteiger partial charge on any atom is -0.394 e. The largest absolute Gasteiger partial charge is 0.394 e. The summed E-state index contributed by atoms with van der Waals surface area (Å²) >= 11 is 0. The van der Waals surface area contributed by atoms with Gasteiger partial charge in [-0.3, -0.25) is 4.98 Å². The van der Waals surface area contributed by atoms with Gasteiger partial charge in [0.2, 0.25) is 0 Å². The van der Waals surface area contributed by atoms with Gasteiger partial charge in [-0.1, -0.05) is 24.3 Å². The SMILES string of the molecule is OCC(O)C(O)c1nccc2ccccc12. The summed E-state index contributed by atoms with van der Waals surface area (Å²) in [4.78, 5) is 4.05. The van der Waals surface area contributed by atoms with Gasteiger partial charge in [-0.15, -0.1) is 0 Å². The lowest BCUT2D eigenvalue weighted by Crippen LogP contribution is -2.23. The molecule has 0 fully saturated rings. The predicted octanol–water partition coefficient (Wildman–Crippen LogP) is 0.621. The molecule has 4 heteroatoms. The van der Waals surface area contributed by atoms with Crippen molar-refractivity contribution >= 4 is 10.8 Å². The molecule has 16 heavy (non-hydrogen) atoms. The van der Waals surface area contributed by atoms with Crippen molar-refractivity contribution in [2.24, 2.45) is 0 Å². The molecule has 2 atom stereocenters. The van der Waals surface area contributed by atoms with E-state index >= 15 is 0 Å². The number of fused-ring (bicyclic) bond motifs is 1. The number of hydrogen-bond acceptors (Lipinski definition) is 4. The molecule has 1 heterocycles. The molecule has 0 amide bonds. The zero-order valence-electron chi connectivity index (χ0n) is 8.61. The molecule has 1 aromatic heterocycles. The van der Waals surface area contributed by atoms with E-state index in [0.717, 1.165) is 10.8 Å². The Labute approximate surface area is 92.8 Å². The molecular formula is C12H13NO3. The lowest BCUT2D eigenvalue weighted by Gasteiger charge is -2.16. The van der Waals surface area contributed by atoms with Crippen molar-refractivity contribution in [3.63, 3.8) is 0 Å². The second-order valence-corrected chi connectivity index (χ2v) is 3.61. The van der Waals surface area contributed by atoms with Gasteiger partial charge in [0.25, 0.3) is 0 Å². The fourth-order valence-electron chi connectivity index (χ4n) is 1.66. The van der Waals surface area contributed by atoms with E-state index in [1.165, 1.54) is 0 Å². The van der Waals surface area contributed by atoms with Gasteiger partial charge in [0, 0.05) is 11.6 Å². The van der Waals surface area contributed by atoms with E-state index in [4.69, 9.17) is 5.11 Å². The van der Waals surface area contributed by atoms with Crippen LogP contribution in [0.5, 0.6) is 0 Å². The first-order chi connectivity index (χ1) is 7.74. The van der Waals surface area contributed by atoms with Gasteiger partial charge < -0.3 is 15.3 Å². The van der Waals surface area contributed by atoms with Gasteiger partial charge in [-0.25, -0.2) is 0 Å². The van der Waals surface area contributed by atoms with Crippen molar-refractivity contribution in [2.45, 2.75) is 12.2 Å². The normalized spacial score (nSPS) is 14.9. The Kier molecular flexibility index (Phi) is 3.14. The average molecular weight is 219 g/mol. The molecule has 1 aromatic carbocycles. The van der Waals surface area contributed by atoms with Crippen LogP contribution in [0, 0.1) is 0 Å². The first-order valence-corrected chi connectivity index (χ1v) is 5.04. The minimum absolute atomic E-state index is 0.389. The van der Waals surface area contributed by atoms with E-state index in [1.807, 2.05) is 30.3 Å². The molecule has 2 aromatic rings. The molecular weight excluding hydrogens is 206 g/mol. The van der Waals surface area contributed by atoms with E-state index in [-0.39, 0.29) is 0 Å². The lowest BCUT2D eigenvalue weighted by molar-refractivity contribution is -0.0165. The van der Waals surface area contributed by atoms with Crippen molar-refractivity contribution in [3.05, 3.63) is 42.2 Å². The van der Waals surface area contributed by atoms with Gasteiger partial charge in [-0.05, 0) is 11.5 Å². The van der Waals surface area contributed by atoms with Crippen molar-refractivity contribution in [1.82, 2.24) is 4.98 Å². The second-order valence-electron chi connectivity index (χ2n) is 3.61. The molecule has 0 saturated heterocycles. The number of aliphatic hydroxyl groups is 3. The topological polar surface area (TPSA) is 73.6 Å². The molecule has 0 radical (unpaired) electrons. The number of nitrogens with zero attached hydrogens (tertiary/aromatic N) is 1. The summed E-state index contributed by atoms with van der Waals surface area (Å²) in [5, 5.41) is 29.7. The molecule has 0 saturated carbocycles. The van der Waals surface area contributed by atoms with Crippen LogP contribution in [0.15, 0.2) is 36.5 Å². The number of aliphatic hydroxyl groups excluding tert-OH is 3. The fraction of sp³-hybridized carbons (Fsp3) is 0.250. The van der Waals surface area contributed by atoms with Crippen molar-refractivity contribution in [1.29, 1.82) is 0 Å². The molecule has 3 N–H and O–H groups in total. The highest BCUT2D eigenvalue weighted by molar-refractivity contribution is 5.84. The molecule has 4 nitrogen and oxygen atoms in total. The first kappa shape index (κ1) is 11.0. The molecule has 2 unspecified atom stereocenters.